The summed E-state index contributed by atoms with van der Waals surface area (Å²) in [6.45, 7) is 3.00. The molecule has 5 fully saturated rings. The number of hydrogen-bond donors (Lipinski definition) is 5. The molecular weight excluding hydrogens is 685 g/mol. The molecule has 3 aromatic rings. The molecule has 2 atom stereocenters. The van der Waals surface area contributed by atoms with Gasteiger partial charge in [-0.05, 0) is 75.1 Å². The van der Waals surface area contributed by atoms with Gasteiger partial charge in [-0.3, -0.25) is 9.36 Å². The molecule has 1 unspecified atom stereocenters. The molecule has 3 heterocycles. The average Bonchev–Trinajstić information content (AvgIpc) is 3.80. The van der Waals surface area contributed by atoms with Crippen molar-refractivity contribution in [2.75, 3.05) is 25.1 Å². The molecule has 4 aliphatic carbocycles. The van der Waals surface area contributed by atoms with E-state index >= 15 is 0 Å². The van der Waals surface area contributed by atoms with Gasteiger partial charge in [-0.1, -0.05) is 30.9 Å². The molecule has 0 radical (unpaired) electrons. The summed E-state index contributed by atoms with van der Waals surface area (Å²) in [6.07, 6.45) is 14.3. The smallest absolute Gasteiger partial charge is 0.404 e. The molecule has 276 valence electrons. The van der Waals surface area contributed by atoms with Crippen LogP contribution in [0.3, 0.4) is 0 Å². The van der Waals surface area contributed by atoms with E-state index in [1.165, 1.54) is 43.9 Å². The summed E-state index contributed by atoms with van der Waals surface area (Å²) in [4.78, 5) is 47.8. The number of ether oxygens (including phenoxy) is 1. The summed E-state index contributed by atoms with van der Waals surface area (Å²) in [5.41, 5.74) is 1.14. The number of benzene rings is 1. The van der Waals surface area contributed by atoms with E-state index in [-0.39, 0.29) is 29.4 Å². The fourth-order valence-electron chi connectivity index (χ4n) is 7.06. The van der Waals surface area contributed by atoms with E-state index < -0.39 is 29.6 Å². The topological polar surface area (TPSA) is 182 Å². The number of nitrogens with zero attached hydrogens (tertiary/aromatic N) is 4. The number of carboxylic acid groups (broad SMARTS) is 1. The SMILES string of the molecule is Cc1cnc(NC2CCOCC2)nc1-n1cnc(C(=O)N[C@H](CNC(=O)O)c2cc(F)cc(Cl)c2)c1.OC1(OOC2CCCCC2)CC2CC1C2. The quantitative estimate of drug-likeness (QED) is 0.0958. The number of anilines is 1. The maximum atomic E-state index is 13.9. The van der Waals surface area contributed by atoms with Crippen molar-refractivity contribution in [2.45, 2.75) is 95.1 Å². The number of amides is 2. The van der Waals surface area contributed by atoms with E-state index in [4.69, 9.17) is 31.2 Å². The summed E-state index contributed by atoms with van der Waals surface area (Å²) in [5, 5.41) is 27.5. The van der Waals surface area contributed by atoms with Crippen LogP contribution in [0.2, 0.25) is 5.02 Å². The van der Waals surface area contributed by atoms with Gasteiger partial charge in [0.05, 0.1) is 12.1 Å². The number of aromatic nitrogens is 4. The number of carbonyl (C=O) groups is 2. The number of hydrogen-bond acceptors (Lipinski definition) is 10. The third kappa shape index (κ3) is 9.71. The Morgan fingerprint density at radius 3 is 2.59 bits per heavy atom. The number of aryl methyl sites for hydroxylation is 1. The van der Waals surface area contributed by atoms with Gasteiger partial charge in [0.2, 0.25) is 11.7 Å². The van der Waals surface area contributed by atoms with Crippen LogP contribution in [0.1, 0.15) is 91.9 Å². The Balaban J connectivity index is 0.000000246. The number of imidazole rings is 1. The highest BCUT2D eigenvalue weighted by Crippen LogP contribution is 2.55. The van der Waals surface area contributed by atoms with Crippen molar-refractivity contribution in [1.82, 2.24) is 30.2 Å². The summed E-state index contributed by atoms with van der Waals surface area (Å²) in [7, 11) is 0. The Hall–Kier alpha value is -3.89. The Bertz CT molecular complexity index is 1640. The standard InChI is InChI=1S/C23H25ClFN7O4.C12H20O3/c1-13-9-26-22(29-17-2-4-36-5-3-17)31-20(13)32-11-19(28-12-32)21(33)30-18(10-27-23(34)35)14-6-15(24)8-16(25)7-14;13-12(8-9-6-10(12)7-9)15-14-11-4-2-1-3-5-11/h6-9,11-12,17-18,27H,2-5,10H2,1H3,(H,30,33)(H,34,35)(H,26,29,31);9-11,13H,1-8H2/t18-;/m1./s1. The Kier molecular flexibility index (Phi) is 12.0. The van der Waals surface area contributed by atoms with Crippen LogP contribution in [0.15, 0.2) is 36.9 Å². The molecule has 14 nitrogen and oxygen atoms in total. The van der Waals surface area contributed by atoms with E-state index in [0.717, 1.165) is 56.6 Å². The molecule has 1 aliphatic heterocycles. The molecule has 5 N–H and O–H groups in total. The van der Waals surface area contributed by atoms with Crippen molar-refractivity contribution in [2.24, 2.45) is 11.8 Å². The lowest BCUT2D eigenvalue weighted by Crippen LogP contribution is -2.37. The second-order valence-electron chi connectivity index (χ2n) is 13.8. The van der Waals surface area contributed by atoms with Gasteiger partial charge in [-0.15, -0.1) is 0 Å². The van der Waals surface area contributed by atoms with Gasteiger partial charge >= 0.3 is 6.09 Å². The lowest BCUT2D eigenvalue weighted by atomic mass is 9.84. The summed E-state index contributed by atoms with van der Waals surface area (Å²) in [6, 6.07) is 3.07. The molecular formula is C35H45ClFN7O7. The van der Waals surface area contributed by atoms with Crippen LogP contribution in [0.25, 0.3) is 5.82 Å². The van der Waals surface area contributed by atoms with Crippen LogP contribution < -0.4 is 16.0 Å². The highest BCUT2D eigenvalue weighted by Gasteiger charge is 2.56. The van der Waals surface area contributed by atoms with Gasteiger partial charge in [0.15, 0.2) is 0 Å². The molecule has 2 bridgehead atoms. The highest BCUT2D eigenvalue weighted by atomic mass is 35.5. The molecule has 5 aliphatic rings. The van der Waals surface area contributed by atoms with Gasteiger partial charge in [0.25, 0.3) is 5.91 Å². The van der Waals surface area contributed by atoms with Crippen LogP contribution in [-0.2, 0) is 14.5 Å². The van der Waals surface area contributed by atoms with Crippen LogP contribution in [0.4, 0.5) is 15.1 Å². The largest absolute Gasteiger partial charge is 0.465 e. The second-order valence-corrected chi connectivity index (χ2v) is 14.3. The normalized spacial score (nSPS) is 23.8. The Morgan fingerprint density at radius 2 is 1.90 bits per heavy atom. The minimum Gasteiger partial charge on any atom is -0.465 e. The molecule has 4 saturated carbocycles. The number of nitrogens with one attached hydrogen (secondary N) is 3. The van der Waals surface area contributed by atoms with Crippen molar-refractivity contribution in [3.8, 4) is 5.82 Å². The average molecular weight is 730 g/mol. The first kappa shape index (κ1) is 36.9. The zero-order valence-corrected chi connectivity index (χ0v) is 29.3. The van der Waals surface area contributed by atoms with E-state index in [1.54, 1.807) is 10.8 Å². The van der Waals surface area contributed by atoms with E-state index in [9.17, 15) is 19.1 Å². The van der Waals surface area contributed by atoms with Crippen LogP contribution in [0.5, 0.6) is 0 Å². The molecule has 16 heteroatoms. The number of rotatable bonds is 11. The lowest BCUT2D eigenvalue weighted by Gasteiger charge is -2.31. The lowest BCUT2D eigenvalue weighted by molar-refractivity contribution is -0.444. The van der Waals surface area contributed by atoms with Crippen molar-refractivity contribution < 1.29 is 38.7 Å². The Labute approximate surface area is 300 Å². The van der Waals surface area contributed by atoms with E-state index in [0.29, 0.717) is 42.4 Å². The first-order valence-corrected chi connectivity index (χ1v) is 17.9. The predicted molar refractivity (Wildman–Crippen MR) is 184 cm³/mol. The molecule has 2 amide bonds. The highest BCUT2D eigenvalue weighted by molar-refractivity contribution is 6.30. The van der Waals surface area contributed by atoms with Crippen LogP contribution in [-0.4, -0.2) is 79.4 Å². The number of carbonyl (C=O) groups excluding carboxylic acids is 1. The van der Waals surface area contributed by atoms with Gasteiger partial charge in [-0.25, -0.2) is 28.9 Å². The van der Waals surface area contributed by atoms with Gasteiger partial charge in [0, 0.05) is 61.1 Å². The molecule has 2 aromatic heterocycles. The maximum Gasteiger partial charge on any atom is 0.404 e. The zero-order valence-electron chi connectivity index (χ0n) is 28.5. The zero-order chi connectivity index (χ0) is 36.0. The Morgan fingerprint density at radius 1 is 1.14 bits per heavy atom. The van der Waals surface area contributed by atoms with Crippen molar-refractivity contribution in [3.05, 3.63) is 64.6 Å². The van der Waals surface area contributed by atoms with Crippen LogP contribution >= 0.6 is 11.6 Å². The van der Waals surface area contributed by atoms with Crippen molar-refractivity contribution >= 4 is 29.5 Å². The fourth-order valence-corrected chi connectivity index (χ4v) is 7.29. The molecule has 1 aromatic carbocycles. The molecule has 8 rings (SSSR count). The summed E-state index contributed by atoms with van der Waals surface area (Å²) in [5.74, 6) is -0.0974. The first-order chi connectivity index (χ1) is 24.5. The second kappa shape index (κ2) is 16.6. The minimum absolute atomic E-state index is 0.0646. The third-order valence-corrected chi connectivity index (χ3v) is 10.2. The number of fused-ring (bicyclic) bond motifs is 1. The third-order valence-electron chi connectivity index (χ3n) is 9.94. The van der Waals surface area contributed by atoms with Gasteiger partial charge in [-0.2, -0.15) is 4.98 Å². The fraction of sp³-hybridized carbons (Fsp3) is 0.571. The van der Waals surface area contributed by atoms with Gasteiger partial charge < -0.3 is 30.9 Å². The van der Waals surface area contributed by atoms with Crippen molar-refractivity contribution in [1.29, 1.82) is 0 Å². The minimum atomic E-state index is -1.29. The predicted octanol–water partition coefficient (Wildman–Crippen LogP) is 5.48. The summed E-state index contributed by atoms with van der Waals surface area (Å²) < 4.78 is 20.9. The van der Waals surface area contributed by atoms with Gasteiger partial charge in [0.1, 0.15) is 23.7 Å². The maximum absolute atomic E-state index is 13.9. The van der Waals surface area contributed by atoms with Crippen LogP contribution in [0, 0.1) is 24.6 Å². The molecule has 1 saturated heterocycles. The number of halogens is 2. The number of aliphatic hydroxyl groups is 1. The molecule has 0 spiro atoms. The van der Waals surface area contributed by atoms with Crippen molar-refractivity contribution in [3.63, 3.8) is 0 Å². The molecule has 51 heavy (non-hydrogen) atoms. The monoisotopic (exact) mass is 729 g/mol. The summed E-state index contributed by atoms with van der Waals surface area (Å²) >= 11 is 5.94. The van der Waals surface area contributed by atoms with E-state index in [1.807, 2.05) is 6.92 Å². The van der Waals surface area contributed by atoms with E-state index in [2.05, 4.69) is 30.9 Å². The first-order valence-electron chi connectivity index (χ1n) is 17.6.